The number of para-hydroxylation sites is 1. The molecule has 0 fully saturated rings. The minimum Gasteiger partial charge on any atom is -0.444 e. The van der Waals surface area contributed by atoms with Crippen molar-refractivity contribution >= 4 is 22.9 Å². The van der Waals surface area contributed by atoms with Crippen LogP contribution in [0.15, 0.2) is 91.1 Å². The van der Waals surface area contributed by atoms with Crippen LogP contribution in [0.4, 0.5) is 4.79 Å². The first-order valence-electron chi connectivity index (χ1n) is 14.3. The molecule has 7 nitrogen and oxygen atoms in total. The Kier molecular flexibility index (Phi) is 10.2. The molecule has 7 heteroatoms. The molecule has 2 N–H and O–H groups in total. The van der Waals surface area contributed by atoms with Crippen LogP contribution in [-0.2, 0) is 28.9 Å². The van der Waals surface area contributed by atoms with Crippen molar-refractivity contribution in [1.82, 2.24) is 20.1 Å². The number of fused-ring (bicyclic) bond motifs is 1. The maximum absolute atomic E-state index is 14.0. The van der Waals surface area contributed by atoms with E-state index in [2.05, 4.69) is 28.6 Å². The Morgan fingerprint density at radius 1 is 0.878 bits per heavy atom. The Morgan fingerprint density at radius 2 is 1.51 bits per heavy atom. The predicted octanol–water partition coefficient (Wildman–Crippen LogP) is 5.81. The van der Waals surface area contributed by atoms with Crippen molar-refractivity contribution in [1.29, 1.82) is 0 Å². The van der Waals surface area contributed by atoms with Crippen molar-refractivity contribution in [3.8, 4) is 0 Å². The highest BCUT2D eigenvalue weighted by atomic mass is 16.6. The standard InChI is InChI=1S/C34H42N4O3/c1-34(2,3)41-33(40)38(22-21-35-20-19-28-24-36-30-18-12-11-17-29(28)30)31(23-26-13-7-5-8-14-26)32(39)37(4)25-27-15-9-6-10-16-27/h5-18,24,31,35-36H,19-23,25H2,1-4H3. The van der Waals surface area contributed by atoms with Gasteiger partial charge in [0.15, 0.2) is 0 Å². The summed E-state index contributed by atoms with van der Waals surface area (Å²) in [6, 6.07) is 27.3. The van der Waals surface area contributed by atoms with Gasteiger partial charge in [-0.2, -0.15) is 0 Å². The zero-order chi connectivity index (χ0) is 29.2. The zero-order valence-corrected chi connectivity index (χ0v) is 24.6. The SMILES string of the molecule is CN(Cc1ccccc1)C(=O)C(Cc1ccccc1)N(CCNCCc1c[nH]c2ccccc12)C(=O)OC(C)(C)C. The van der Waals surface area contributed by atoms with Gasteiger partial charge in [0.05, 0.1) is 0 Å². The summed E-state index contributed by atoms with van der Waals surface area (Å²) in [6.45, 7) is 7.60. The molecule has 41 heavy (non-hydrogen) atoms. The first-order valence-corrected chi connectivity index (χ1v) is 14.3. The number of nitrogens with one attached hydrogen (secondary N) is 2. The summed E-state index contributed by atoms with van der Waals surface area (Å²) in [5.41, 5.74) is 3.70. The minimum atomic E-state index is -0.712. The summed E-state index contributed by atoms with van der Waals surface area (Å²) >= 11 is 0. The quantitative estimate of drug-likeness (QED) is 0.217. The van der Waals surface area contributed by atoms with Crippen molar-refractivity contribution in [2.75, 3.05) is 26.7 Å². The summed E-state index contributed by atoms with van der Waals surface area (Å²) in [7, 11) is 1.79. The molecule has 0 bridgehead atoms. The molecule has 0 aliphatic carbocycles. The van der Waals surface area contributed by atoms with Crippen LogP contribution >= 0.6 is 0 Å². The molecule has 1 heterocycles. The summed E-state index contributed by atoms with van der Waals surface area (Å²) in [5.74, 6) is -0.123. The number of amides is 2. The smallest absolute Gasteiger partial charge is 0.411 e. The lowest BCUT2D eigenvalue weighted by atomic mass is 10.0. The van der Waals surface area contributed by atoms with Gasteiger partial charge in [0.25, 0.3) is 0 Å². The number of nitrogens with zero attached hydrogens (tertiary/aromatic N) is 2. The Labute approximate surface area is 243 Å². The predicted molar refractivity (Wildman–Crippen MR) is 165 cm³/mol. The molecule has 0 saturated carbocycles. The zero-order valence-electron chi connectivity index (χ0n) is 24.6. The Hall–Kier alpha value is -4.10. The highest BCUT2D eigenvalue weighted by molar-refractivity contribution is 5.86. The number of carbonyl (C=O) groups is 2. The lowest BCUT2D eigenvalue weighted by Gasteiger charge is -2.35. The number of rotatable bonds is 12. The summed E-state index contributed by atoms with van der Waals surface area (Å²) < 4.78 is 5.82. The van der Waals surface area contributed by atoms with Gasteiger partial charge >= 0.3 is 6.09 Å². The van der Waals surface area contributed by atoms with Crippen molar-refractivity contribution in [2.45, 2.75) is 51.8 Å². The van der Waals surface area contributed by atoms with Crippen LogP contribution < -0.4 is 5.32 Å². The molecule has 1 atom stereocenters. The number of hydrogen-bond donors (Lipinski definition) is 2. The van der Waals surface area contributed by atoms with Crippen LogP contribution in [0.2, 0.25) is 0 Å². The van der Waals surface area contributed by atoms with Gasteiger partial charge in [-0.1, -0.05) is 78.9 Å². The van der Waals surface area contributed by atoms with Crippen LogP contribution in [0.3, 0.4) is 0 Å². The lowest BCUT2D eigenvalue weighted by Crippen LogP contribution is -2.54. The first-order chi connectivity index (χ1) is 19.7. The Morgan fingerprint density at radius 3 is 2.20 bits per heavy atom. The van der Waals surface area contributed by atoms with E-state index in [0.29, 0.717) is 26.1 Å². The fraction of sp³-hybridized carbons (Fsp3) is 0.353. The summed E-state index contributed by atoms with van der Waals surface area (Å²) in [4.78, 5) is 34.2. The van der Waals surface area contributed by atoms with Crippen molar-refractivity contribution < 1.29 is 14.3 Å². The summed E-state index contributed by atoms with van der Waals surface area (Å²) in [5, 5.41) is 4.70. The van der Waals surface area contributed by atoms with Gasteiger partial charge in [-0.05, 0) is 56.5 Å². The van der Waals surface area contributed by atoms with E-state index in [1.807, 2.05) is 93.6 Å². The molecule has 216 valence electrons. The molecule has 0 saturated heterocycles. The normalized spacial score (nSPS) is 12.2. The maximum Gasteiger partial charge on any atom is 0.411 e. The van der Waals surface area contributed by atoms with Gasteiger partial charge in [0.2, 0.25) is 5.91 Å². The van der Waals surface area contributed by atoms with E-state index in [1.54, 1.807) is 16.8 Å². The Bertz CT molecular complexity index is 1400. The third-order valence-corrected chi connectivity index (χ3v) is 6.98. The second-order valence-electron chi connectivity index (χ2n) is 11.4. The fourth-order valence-electron chi connectivity index (χ4n) is 4.94. The van der Waals surface area contributed by atoms with Crippen LogP contribution in [-0.4, -0.2) is 65.1 Å². The first kappa shape index (κ1) is 29.9. The number of likely N-dealkylation sites (N-methyl/N-ethyl adjacent to an activating group) is 1. The topological polar surface area (TPSA) is 77.7 Å². The molecule has 2 amide bonds. The van der Waals surface area contributed by atoms with E-state index in [-0.39, 0.29) is 5.91 Å². The lowest BCUT2D eigenvalue weighted by molar-refractivity contribution is -0.136. The molecule has 0 radical (unpaired) electrons. The molecule has 4 rings (SSSR count). The summed E-state index contributed by atoms with van der Waals surface area (Å²) in [6.07, 6.45) is 2.81. The Balaban J connectivity index is 1.49. The van der Waals surface area contributed by atoms with E-state index in [9.17, 15) is 9.59 Å². The van der Waals surface area contributed by atoms with Gasteiger partial charge in [0, 0.05) is 50.2 Å². The van der Waals surface area contributed by atoms with Crippen LogP contribution in [0.25, 0.3) is 10.9 Å². The number of carbonyl (C=O) groups excluding carboxylic acids is 2. The maximum atomic E-state index is 14.0. The second-order valence-corrected chi connectivity index (χ2v) is 11.4. The minimum absolute atomic E-state index is 0.123. The number of hydrogen-bond acceptors (Lipinski definition) is 4. The molecule has 3 aromatic carbocycles. The third kappa shape index (κ3) is 8.69. The van der Waals surface area contributed by atoms with E-state index < -0.39 is 17.7 Å². The van der Waals surface area contributed by atoms with E-state index in [4.69, 9.17) is 4.74 Å². The molecule has 1 aromatic heterocycles. The van der Waals surface area contributed by atoms with Gasteiger partial charge in [-0.3, -0.25) is 9.69 Å². The number of ether oxygens (including phenoxy) is 1. The number of H-pyrrole nitrogens is 1. The molecule has 0 spiro atoms. The third-order valence-electron chi connectivity index (χ3n) is 6.98. The fourth-order valence-corrected chi connectivity index (χ4v) is 4.94. The largest absolute Gasteiger partial charge is 0.444 e. The number of aromatic amines is 1. The highest BCUT2D eigenvalue weighted by Crippen LogP contribution is 2.19. The molecule has 0 aliphatic rings. The number of aromatic nitrogens is 1. The average molecular weight is 555 g/mol. The molecule has 1 unspecified atom stereocenters. The van der Waals surface area contributed by atoms with E-state index in [1.165, 1.54) is 10.9 Å². The van der Waals surface area contributed by atoms with Gasteiger partial charge in [0.1, 0.15) is 11.6 Å². The van der Waals surface area contributed by atoms with Crippen LogP contribution in [0, 0.1) is 0 Å². The molecular formula is C34H42N4O3. The monoisotopic (exact) mass is 554 g/mol. The second kappa shape index (κ2) is 14.0. The van der Waals surface area contributed by atoms with Gasteiger partial charge in [-0.15, -0.1) is 0 Å². The van der Waals surface area contributed by atoms with Crippen molar-refractivity contribution in [3.05, 3.63) is 108 Å². The molecular weight excluding hydrogens is 512 g/mol. The average Bonchev–Trinajstić information content (AvgIpc) is 3.37. The van der Waals surface area contributed by atoms with Crippen LogP contribution in [0.5, 0.6) is 0 Å². The highest BCUT2D eigenvalue weighted by Gasteiger charge is 2.34. The molecule has 0 aliphatic heterocycles. The van der Waals surface area contributed by atoms with Crippen LogP contribution in [0.1, 0.15) is 37.5 Å². The van der Waals surface area contributed by atoms with Gasteiger partial charge < -0.3 is 19.9 Å². The number of benzene rings is 3. The van der Waals surface area contributed by atoms with E-state index in [0.717, 1.165) is 29.6 Å². The van der Waals surface area contributed by atoms with Crippen molar-refractivity contribution in [3.63, 3.8) is 0 Å². The molecule has 4 aromatic rings. The van der Waals surface area contributed by atoms with Gasteiger partial charge in [-0.25, -0.2) is 4.79 Å². The van der Waals surface area contributed by atoms with E-state index >= 15 is 0 Å². The van der Waals surface area contributed by atoms with Crippen molar-refractivity contribution in [2.24, 2.45) is 0 Å².